The number of nitrogens with two attached hydrogens (primary N) is 1. The zero-order valence-corrected chi connectivity index (χ0v) is 15.2. The summed E-state index contributed by atoms with van der Waals surface area (Å²) in [4.78, 5) is 21.1. The van der Waals surface area contributed by atoms with Crippen LogP contribution in [-0.2, 0) is 12.0 Å². The van der Waals surface area contributed by atoms with Crippen molar-refractivity contribution in [2.24, 2.45) is 10.7 Å². The minimum absolute atomic E-state index is 0.129. The molecule has 0 spiro atoms. The van der Waals surface area contributed by atoms with Crippen molar-refractivity contribution in [1.29, 1.82) is 0 Å². The van der Waals surface area contributed by atoms with Crippen LogP contribution in [0.3, 0.4) is 0 Å². The highest BCUT2D eigenvalue weighted by Gasteiger charge is 2.32. The number of aryl methyl sites for hydroxylation is 2. The maximum absolute atomic E-state index is 14.4. The summed E-state index contributed by atoms with van der Waals surface area (Å²) in [7, 11) is 0. The van der Waals surface area contributed by atoms with Crippen LogP contribution in [0.25, 0.3) is 0 Å². The second kappa shape index (κ2) is 6.63. The predicted octanol–water partition coefficient (Wildman–Crippen LogP) is 3.52. The number of aliphatic imine (C=N–C) groups is 1. The van der Waals surface area contributed by atoms with E-state index >= 15 is 0 Å². The molecule has 0 fully saturated rings. The number of carbonyl (C=O) groups excluding carboxylic acids is 1. The van der Waals surface area contributed by atoms with E-state index < -0.39 is 5.54 Å². The first-order valence-corrected chi connectivity index (χ1v) is 9.01. The van der Waals surface area contributed by atoms with Gasteiger partial charge in [-0.2, -0.15) is 0 Å². The number of thioether (sulfide) groups is 1. The van der Waals surface area contributed by atoms with E-state index in [4.69, 9.17) is 10.2 Å². The number of hydrogen-bond acceptors (Lipinski definition) is 6. The summed E-state index contributed by atoms with van der Waals surface area (Å²) in [6.07, 6.45) is 0.818. The van der Waals surface area contributed by atoms with Gasteiger partial charge in [0.2, 0.25) is 0 Å². The SMILES string of the molecule is Cc1nc(C(=O)Cc2ccc(F)c([C@]3(C)CCSC(N)=N3)c2)c(C)o1. The number of amidine groups is 1. The summed E-state index contributed by atoms with van der Waals surface area (Å²) in [5.41, 5.74) is 6.63. The average molecular weight is 361 g/mol. The molecule has 0 radical (unpaired) electrons. The molecule has 25 heavy (non-hydrogen) atoms. The van der Waals surface area contributed by atoms with Crippen LogP contribution in [0, 0.1) is 19.7 Å². The fourth-order valence-corrected chi connectivity index (χ4v) is 4.01. The van der Waals surface area contributed by atoms with E-state index in [-0.39, 0.29) is 18.0 Å². The van der Waals surface area contributed by atoms with Crippen LogP contribution in [0.2, 0.25) is 0 Å². The van der Waals surface area contributed by atoms with Gasteiger partial charge < -0.3 is 10.2 Å². The van der Waals surface area contributed by atoms with E-state index in [0.29, 0.717) is 34.5 Å². The van der Waals surface area contributed by atoms with Crippen molar-refractivity contribution in [3.8, 4) is 0 Å². The van der Waals surface area contributed by atoms with Gasteiger partial charge in [0.05, 0.1) is 5.54 Å². The monoisotopic (exact) mass is 361 g/mol. The van der Waals surface area contributed by atoms with Crippen LogP contribution in [0.5, 0.6) is 0 Å². The Labute approximate surface area is 149 Å². The number of oxazole rings is 1. The van der Waals surface area contributed by atoms with Gasteiger partial charge >= 0.3 is 0 Å². The smallest absolute Gasteiger partial charge is 0.191 e. The Morgan fingerprint density at radius 1 is 1.44 bits per heavy atom. The van der Waals surface area contributed by atoms with Crippen LogP contribution in [0.15, 0.2) is 27.6 Å². The van der Waals surface area contributed by atoms with E-state index in [1.165, 1.54) is 17.8 Å². The lowest BCUT2D eigenvalue weighted by Gasteiger charge is -2.30. The number of hydrogen-bond donors (Lipinski definition) is 1. The number of carbonyl (C=O) groups is 1. The molecule has 7 heteroatoms. The topological polar surface area (TPSA) is 81.5 Å². The molecule has 1 aromatic carbocycles. The van der Waals surface area contributed by atoms with Crippen molar-refractivity contribution >= 4 is 22.7 Å². The predicted molar refractivity (Wildman–Crippen MR) is 96.5 cm³/mol. The third-order valence-corrected chi connectivity index (χ3v) is 5.13. The number of nitrogens with zero attached hydrogens (tertiary/aromatic N) is 2. The van der Waals surface area contributed by atoms with Crippen LogP contribution in [-0.4, -0.2) is 21.7 Å². The largest absolute Gasteiger partial charge is 0.446 e. The maximum atomic E-state index is 14.4. The average Bonchev–Trinajstić information content (AvgIpc) is 2.87. The molecule has 0 aliphatic carbocycles. The first kappa shape index (κ1) is 17.7. The Bertz CT molecular complexity index is 862. The number of aromatic nitrogens is 1. The van der Waals surface area contributed by atoms with Crippen molar-refractivity contribution in [2.75, 3.05) is 5.75 Å². The molecule has 0 saturated carbocycles. The van der Waals surface area contributed by atoms with Crippen LogP contribution in [0.4, 0.5) is 4.39 Å². The van der Waals surface area contributed by atoms with Gasteiger partial charge in [0.15, 0.2) is 16.8 Å². The van der Waals surface area contributed by atoms with Crippen molar-refractivity contribution < 1.29 is 13.6 Å². The number of benzene rings is 1. The lowest BCUT2D eigenvalue weighted by atomic mass is 9.87. The molecule has 3 rings (SSSR count). The Kier molecular flexibility index (Phi) is 4.69. The molecule has 1 aliphatic rings. The molecule has 0 unspecified atom stereocenters. The van der Waals surface area contributed by atoms with E-state index in [1.807, 2.05) is 6.92 Å². The lowest BCUT2D eigenvalue weighted by molar-refractivity contribution is 0.0987. The quantitative estimate of drug-likeness (QED) is 0.843. The van der Waals surface area contributed by atoms with Gasteiger partial charge in [-0.1, -0.05) is 17.8 Å². The lowest BCUT2D eigenvalue weighted by Crippen LogP contribution is -2.29. The second-order valence-corrected chi connectivity index (χ2v) is 7.49. The molecule has 2 heterocycles. The summed E-state index contributed by atoms with van der Waals surface area (Å²) in [6, 6.07) is 4.72. The van der Waals surface area contributed by atoms with Gasteiger partial charge in [-0.3, -0.25) is 9.79 Å². The third-order valence-electron chi connectivity index (χ3n) is 4.34. The molecule has 2 aromatic rings. The van der Waals surface area contributed by atoms with Gasteiger partial charge in [-0.15, -0.1) is 0 Å². The zero-order chi connectivity index (χ0) is 18.2. The van der Waals surface area contributed by atoms with Crippen LogP contribution >= 0.6 is 11.8 Å². The standard InChI is InChI=1S/C18H20FN3O2S/c1-10-16(21-11(2)24-10)15(23)9-12-4-5-14(19)13(8-12)18(3)6-7-25-17(20)22-18/h4-5,8H,6-7,9H2,1-3H3,(H2,20,22)/t18-/m0/s1. The van der Waals surface area contributed by atoms with E-state index in [0.717, 1.165) is 11.3 Å². The first-order valence-electron chi connectivity index (χ1n) is 8.03. The van der Waals surface area contributed by atoms with E-state index in [9.17, 15) is 9.18 Å². The zero-order valence-electron chi connectivity index (χ0n) is 14.4. The summed E-state index contributed by atoms with van der Waals surface area (Å²) >= 11 is 1.47. The Balaban J connectivity index is 1.91. The number of rotatable bonds is 4. The highest BCUT2D eigenvalue weighted by molar-refractivity contribution is 8.13. The van der Waals surface area contributed by atoms with Crippen LogP contribution in [0.1, 0.15) is 46.6 Å². The fourth-order valence-electron chi connectivity index (χ4n) is 3.03. The molecule has 1 aromatic heterocycles. The Morgan fingerprint density at radius 3 is 2.84 bits per heavy atom. The Morgan fingerprint density at radius 2 is 2.20 bits per heavy atom. The van der Waals surface area contributed by atoms with Crippen LogP contribution < -0.4 is 5.73 Å². The first-order chi connectivity index (χ1) is 11.8. The third kappa shape index (κ3) is 3.61. The van der Waals surface area contributed by atoms with Crippen molar-refractivity contribution in [3.63, 3.8) is 0 Å². The molecule has 0 bridgehead atoms. The number of Topliss-reactive ketones (excluding diaryl/α,β-unsaturated/α-hetero) is 1. The molecule has 5 nitrogen and oxygen atoms in total. The molecule has 1 atom stereocenters. The normalized spacial score (nSPS) is 20.4. The summed E-state index contributed by atoms with van der Waals surface area (Å²) in [5.74, 6) is 1.25. The van der Waals surface area contributed by atoms with Gasteiger partial charge in [0.25, 0.3) is 0 Å². The summed E-state index contributed by atoms with van der Waals surface area (Å²) in [5, 5.41) is 0.461. The summed E-state index contributed by atoms with van der Waals surface area (Å²) in [6.45, 7) is 5.28. The molecule has 132 valence electrons. The molecule has 2 N–H and O–H groups in total. The van der Waals surface area contributed by atoms with Crippen molar-refractivity contribution in [1.82, 2.24) is 4.98 Å². The number of ketones is 1. The van der Waals surface area contributed by atoms with E-state index in [2.05, 4.69) is 9.98 Å². The van der Waals surface area contributed by atoms with Gasteiger partial charge in [-0.05, 0) is 38.0 Å². The van der Waals surface area contributed by atoms with Gasteiger partial charge in [-0.25, -0.2) is 9.37 Å². The minimum atomic E-state index is -0.709. The highest BCUT2D eigenvalue weighted by Crippen LogP contribution is 2.36. The maximum Gasteiger partial charge on any atom is 0.191 e. The molecule has 1 aliphatic heterocycles. The molecule has 0 amide bonds. The van der Waals surface area contributed by atoms with Crippen molar-refractivity contribution in [3.05, 3.63) is 52.5 Å². The molecule has 0 saturated heterocycles. The van der Waals surface area contributed by atoms with Gasteiger partial charge in [0.1, 0.15) is 17.3 Å². The molecular weight excluding hydrogens is 341 g/mol. The van der Waals surface area contributed by atoms with E-state index in [1.54, 1.807) is 26.0 Å². The highest BCUT2D eigenvalue weighted by atomic mass is 32.2. The number of halogens is 1. The Hall–Kier alpha value is -2.15. The second-order valence-electron chi connectivity index (χ2n) is 6.37. The van der Waals surface area contributed by atoms with Crippen molar-refractivity contribution in [2.45, 2.75) is 39.2 Å². The molecular formula is C18H20FN3O2S. The minimum Gasteiger partial charge on any atom is -0.446 e. The fraction of sp³-hybridized carbons (Fsp3) is 0.389. The summed E-state index contributed by atoms with van der Waals surface area (Å²) < 4.78 is 19.7. The van der Waals surface area contributed by atoms with Gasteiger partial charge in [0, 0.05) is 24.7 Å².